The van der Waals surface area contributed by atoms with Crippen molar-refractivity contribution in [2.75, 3.05) is 27.2 Å². The van der Waals surface area contributed by atoms with Gasteiger partial charge in [-0.2, -0.15) is 13.2 Å². The van der Waals surface area contributed by atoms with Crippen LogP contribution in [0.5, 0.6) is 0 Å². The maximum absolute atomic E-state index is 12.5. The summed E-state index contributed by atoms with van der Waals surface area (Å²) in [5.74, 6) is 0. The summed E-state index contributed by atoms with van der Waals surface area (Å²) in [6, 6.07) is 9.25. The molecule has 1 aromatic carbocycles. The molecule has 0 bridgehead atoms. The monoisotopic (exact) mass is 347 g/mol. The van der Waals surface area contributed by atoms with Crippen LogP contribution in [0.1, 0.15) is 25.8 Å². The predicted molar refractivity (Wildman–Crippen MR) is 86.4 cm³/mol. The maximum Gasteiger partial charge on any atom is 0.438 e. The standard InChI is InChI=1S/C17H25F3N2O2/c1-16(2,10-11-22(3,4)13-17(18,19)20)21-15(23)24-12-14-8-6-5-7-9-14/h5-9H,10-13H2,1-4H3/p+1. The second-order valence-corrected chi connectivity index (χ2v) is 7.25. The van der Waals surface area contributed by atoms with Crippen molar-refractivity contribution < 1.29 is 27.2 Å². The molecular formula is C17H26F3N2O2+. The Morgan fingerprint density at radius 2 is 1.75 bits per heavy atom. The fourth-order valence-corrected chi connectivity index (χ4v) is 2.24. The van der Waals surface area contributed by atoms with Crippen LogP contribution in [0.3, 0.4) is 0 Å². The van der Waals surface area contributed by atoms with Gasteiger partial charge in [0.05, 0.1) is 20.6 Å². The Labute approximate surface area is 141 Å². The summed E-state index contributed by atoms with van der Waals surface area (Å²) in [4.78, 5) is 11.9. The molecule has 1 N–H and O–H groups in total. The average Bonchev–Trinajstić information content (AvgIpc) is 2.42. The summed E-state index contributed by atoms with van der Waals surface area (Å²) in [6.07, 6.45) is -4.39. The topological polar surface area (TPSA) is 38.3 Å². The molecule has 136 valence electrons. The quantitative estimate of drug-likeness (QED) is 0.764. The van der Waals surface area contributed by atoms with Gasteiger partial charge < -0.3 is 14.5 Å². The van der Waals surface area contributed by atoms with Gasteiger partial charge >= 0.3 is 12.3 Å². The van der Waals surface area contributed by atoms with E-state index in [1.807, 2.05) is 30.3 Å². The normalized spacial score (nSPS) is 12.8. The number of halogens is 3. The Kier molecular flexibility index (Phi) is 6.66. The minimum atomic E-state index is -4.21. The molecule has 0 fully saturated rings. The van der Waals surface area contributed by atoms with E-state index in [1.54, 1.807) is 13.8 Å². The number of nitrogens with zero attached hydrogens (tertiary/aromatic N) is 1. The molecule has 4 nitrogen and oxygen atoms in total. The Bertz CT molecular complexity index is 528. The average molecular weight is 347 g/mol. The van der Waals surface area contributed by atoms with Crippen molar-refractivity contribution >= 4 is 6.09 Å². The molecule has 1 rings (SSSR count). The summed E-state index contributed by atoms with van der Waals surface area (Å²) in [5, 5.41) is 2.71. The van der Waals surface area contributed by atoms with Gasteiger partial charge in [-0.25, -0.2) is 4.79 Å². The first-order valence-corrected chi connectivity index (χ1v) is 7.76. The van der Waals surface area contributed by atoms with E-state index in [0.29, 0.717) is 6.42 Å². The first-order valence-electron chi connectivity index (χ1n) is 7.76. The van der Waals surface area contributed by atoms with Crippen molar-refractivity contribution in [2.24, 2.45) is 0 Å². The number of quaternary nitrogens is 1. The fraction of sp³-hybridized carbons (Fsp3) is 0.588. The van der Waals surface area contributed by atoms with Crippen LogP contribution in [0.15, 0.2) is 30.3 Å². The van der Waals surface area contributed by atoms with Crippen molar-refractivity contribution in [1.82, 2.24) is 5.32 Å². The molecule has 1 amide bonds. The lowest BCUT2D eigenvalue weighted by Crippen LogP contribution is -2.52. The molecule has 7 heteroatoms. The van der Waals surface area contributed by atoms with E-state index in [4.69, 9.17) is 4.74 Å². The molecule has 24 heavy (non-hydrogen) atoms. The SMILES string of the molecule is CC(C)(CC[N+](C)(C)CC(F)(F)F)NC(=O)OCc1ccccc1. The van der Waals surface area contributed by atoms with Crippen LogP contribution >= 0.6 is 0 Å². The number of hydrogen-bond acceptors (Lipinski definition) is 2. The Morgan fingerprint density at radius 1 is 1.17 bits per heavy atom. The smallest absolute Gasteiger partial charge is 0.438 e. The van der Waals surface area contributed by atoms with Crippen LogP contribution in [0.25, 0.3) is 0 Å². The Hall–Kier alpha value is -1.76. The van der Waals surface area contributed by atoms with E-state index in [-0.39, 0.29) is 17.6 Å². The van der Waals surface area contributed by atoms with Gasteiger partial charge in [-0.3, -0.25) is 0 Å². The number of hydrogen-bond donors (Lipinski definition) is 1. The third kappa shape index (κ3) is 8.76. The highest BCUT2D eigenvalue weighted by Gasteiger charge is 2.38. The molecule has 0 aliphatic rings. The van der Waals surface area contributed by atoms with Crippen molar-refractivity contribution in [1.29, 1.82) is 0 Å². The molecule has 0 saturated heterocycles. The number of rotatable bonds is 7. The van der Waals surface area contributed by atoms with Crippen molar-refractivity contribution in [3.63, 3.8) is 0 Å². The molecule has 0 unspecified atom stereocenters. The Balaban J connectivity index is 2.43. The summed E-state index contributed by atoms with van der Waals surface area (Å²) in [7, 11) is 3.05. The van der Waals surface area contributed by atoms with Gasteiger partial charge in [0.2, 0.25) is 0 Å². The van der Waals surface area contributed by atoms with E-state index in [1.165, 1.54) is 14.1 Å². The lowest BCUT2D eigenvalue weighted by Gasteiger charge is -2.34. The zero-order valence-corrected chi connectivity index (χ0v) is 14.6. The first kappa shape index (κ1) is 20.3. The number of benzene rings is 1. The second kappa shape index (κ2) is 7.88. The van der Waals surface area contributed by atoms with Gasteiger partial charge in [0.25, 0.3) is 0 Å². The van der Waals surface area contributed by atoms with E-state index in [9.17, 15) is 18.0 Å². The predicted octanol–water partition coefficient (Wildman–Crippen LogP) is 3.72. The Morgan fingerprint density at radius 3 is 2.29 bits per heavy atom. The number of alkyl halides is 3. The summed E-state index contributed by atoms with van der Waals surface area (Å²) < 4.78 is 42.6. The van der Waals surface area contributed by atoms with Crippen molar-refractivity contribution in [3.05, 3.63) is 35.9 Å². The molecule has 0 heterocycles. The van der Waals surface area contributed by atoms with Crippen LogP contribution in [0, 0.1) is 0 Å². The fourth-order valence-electron chi connectivity index (χ4n) is 2.24. The van der Waals surface area contributed by atoms with E-state index < -0.39 is 24.4 Å². The van der Waals surface area contributed by atoms with Gasteiger partial charge in [0, 0.05) is 12.0 Å². The minimum Gasteiger partial charge on any atom is -0.445 e. The largest absolute Gasteiger partial charge is 0.445 e. The van der Waals surface area contributed by atoms with Gasteiger partial charge in [0.1, 0.15) is 6.61 Å². The van der Waals surface area contributed by atoms with E-state index in [2.05, 4.69) is 5.32 Å². The van der Waals surface area contributed by atoms with Crippen LogP contribution in [0.2, 0.25) is 0 Å². The lowest BCUT2D eigenvalue weighted by molar-refractivity contribution is -0.901. The number of carbonyl (C=O) groups is 1. The highest BCUT2D eigenvalue weighted by Crippen LogP contribution is 2.21. The first-order chi connectivity index (χ1) is 10.9. The number of nitrogens with one attached hydrogen (secondary N) is 1. The molecule has 0 radical (unpaired) electrons. The van der Waals surface area contributed by atoms with E-state index in [0.717, 1.165) is 5.56 Å². The number of amides is 1. The molecule has 0 saturated carbocycles. The molecule has 1 aromatic rings. The summed E-state index contributed by atoms with van der Waals surface area (Å²) in [5.41, 5.74) is 0.211. The van der Waals surface area contributed by atoms with Gasteiger partial charge in [-0.1, -0.05) is 30.3 Å². The van der Waals surface area contributed by atoms with Crippen LogP contribution in [-0.2, 0) is 11.3 Å². The van der Waals surface area contributed by atoms with Crippen molar-refractivity contribution in [3.8, 4) is 0 Å². The highest BCUT2D eigenvalue weighted by atomic mass is 19.4. The van der Waals surface area contributed by atoms with E-state index >= 15 is 0 Å². The molecule has 0 aromatic heterocycles. The maximum atomic E-state index is 12.5. The van der Waals surface area contributed by atoms with Crippen molar-refractivity contribution in [2.45, 2.75) is 38.6 Å². The molecule has 0 aliphatic carbocycles. The van der Waals surface area contributed by atoms with Gasteiger partial charge in [-0.15, -0.1) is 0 Å². The summed E-state index contributed by atoms with van der Waals surface area (Å²) >= 11 is 0. The zero-order chi connectivity index (χ0) is 18.4. The van der Waals surface area contributed by atoms with Crippen LogP contribution in [-0.4, -0.2) is 49.5 Å². The van der Waals surface area contributed by atoms with Gasteiger partial charge in [0.15, 0.2) is 6.54 Å². The zero-order valence-electron chi connectivity index (χ0n) is 14.6. The van der Waals surface area contributed by atoms with Gasteiger partial charge in [-0.05, 0) is 19.4 Å². The van der Waals surface area contributed by atoms with Crippen LogP contribution < -0.4 is 5.32 Å². The number of ether oxygens (including phenoxy) is 1. The molecular weight excluding hydrogens is 321 g/mol. The molecule has 0 atom stereocenters. The number of alkyl carbamates (subject to hydrolysis) is 1. The third-order valence-electron chi connectivity index (χ3n) is 3.60. The molecule has 0 spiro atoms. The lowest BCUT2D eigenvalue weighted by atomic mass is 10.0. The third-order valence-corrected chi connectivity index (χ3v) is 3.60. The minimum absolute atomic E-state index is 0.151. The molecule has 0 aliphatic heterocycles. The second-order valence-electron chi connectivity index (χ2n) is 7.25. The number of carbonyl (C=O) groups excluding carboxylic acids is 1. The highest BCUT2D eigenvalue weighted by molar-refractivity contribution is 5.68. The van der Waals surface area contributed by atoms with Crippen LogP contribution in [0.4, 0.5) is 18.0 Å². The summed E-state index contributed by atoms with van der Waals surface area (Å²) in [6.45, 7) is 3.07.